The molecule has 6 heteroatoms. The molecule has 116 valence electrons. The van der Waals surface area contributed by atoms with Gasteiger partial charge in [-0.2, -0.15) is 0 Å². The Morgan fingerprint density at radius 2 is 2.05 bits per heavy atom. The third kappa shape index (κ3) is 3.29. The van der Waals surface area contributed by atoms with Gasteiger partial charge in [0.1, 0.15) is 0 Å². The average molecular weight is 303 g/mol. The molecular weight excluding hydrogens is 286 g/mol. The molecule has 0 radical (unpaired) electrons. The number of benzene rings is 1. The molecule has 1 aromatic rings. The van der Waals surface area contributed by atoms with Crippen LogP contribution < -0.4 is 0 Å². The van der Waals surface area contributed by atoms with Crippen LogP contribution in [0.4, 0.5) is 5.69 Å². The number of rotatable bonds is 6. The van der Waals surface area contributed by atoms with Crippen LogP contribution in [0.25, 0.3) is 0 Å². The maximum atomic E-state index is 12.5. The van der Waals surface area contributed by atoms with Crippen LogP contribution >= 0.6 is 0 Å². The van der Waals surface area contributed by atoms with Gasteiger partial charge < -0.3 is 9.47 Å². The van der Waals surface area contributed by atoms with Crippen LogP contribution in [0.1, 0.15) is 35.1 Å². The van der Waals surface area contributed by atoms with Gasteiger partial charge in [-0.25, -0.2) is 0 Å². The van der Waals surface area contributed by atoms with Gasteiger partial charge in [-0.1, -0.05) is 18.2 Å². The van der Waals surface area contributed by atoms with E-state index in [4.69, 9.17) is 9.47 Å². The smallest absolute Gasteiger partial charge is 0.277 e. The molecule has 0 aromatic heterocycles. The Balaban J connectivity index is 2.44. The van der Waals surface area contributed by atoms with E-state index in [1.54, 1.807) is 6.08 Å². The standard InChI is InChI=1S/C16H17NO5/c1-21-16(22-2)13-10-12(8-9-14(13)17(19)20)15(18)11-6-4-3-5-7-11/h3-4,6,8-10,16H,5,7H2,1-2H3. The van der Waals surface area contributed by atoms with Gasteiger partial charge in [0, 0.05) is 31.4 Å². The van der Waals surface area contributed by atoms with E-state index in [-0.39, 0.29) is 17.0 Å². The van der Waals surface area contributed by atoms with Gasteiger partial charge >= 0.3 is 0 Å². The summed E-state index contributed by atoms with van der Waals surface area (Å²) in [6.45, 7) is 0. The molecule has 0 atom stereocenters. The summed E-state index contributed by atoms with van der Waals surface area (Å²) >= 11 is 0. The molecule has 1 aliphatic carbocycles. The second-order valence-corrected chi connectivity index (χ2v) is 4.82. The molecule has 22 heavy (non-hydrogen) atoms. The molecule has 0 bridgehead atoms. The van der Waals surface area contributed by atoms with Crippen molar-refractivity contribution in [2.45, 2.75) is 19.1 Å². The number of carbonyl (C=O) groups is 1. The van der Waals surface area contributed by atoms with Crippen LogP contribution in [0.5, 0.6) is 0 Å². The third-order valence-electron chi connectivity index (χ3n) is 3.47. The first-order valence-corrected chi connectivity index (χ1v) is 6.82. The Morgan fingerprint density at radius 3 is 2.59 bits per heavy atom. The molecule has 0 spiro atoms. The van der Waals surface area contributed by atoms with Crippen molar-refractivity contribution in [2.75, 3.05) is 14.2 Å². The Kier molecular flexibility index (Phi) is 5.19. The number of allylic oxidation sites excluding steroid dienone is 4. The number of methoxy groups -OCH3 is 2. The van der Waals surface area contributed by atoms with Gasteiger partial charge in [-0.05, 0) is 25.0 Å². The van der Waals surface area contributed by atoms with Crippen molar-refractivity contribution in [1.29, 1.82) is 0 Å². The molecular formula is C16H17NO5. The number of ether oxygens (including phenoxy) is 2. The zero-order valence-corrected chi connectivity index (χ0v) is 12.4. The van der Waals surface area contributed by atoms with Crippen molar-refractivity contribution in [2.24, 2.45) is 0 Å². The highest BCUT2D eigenvalue weighted by Crippen LogP contribution is 2.30. The van der Waals surface area contributed by atoms with Gasteiger partial charge in [0.05, 0.1) is 10.5 Å². The number of nitro benzene ring substituents is 1. The van der Waals surface area contributed by atoms with Crippen LogP contribution in [0.15, 0.2) is 42.0 Å². The van der Waals surface area contributed by atoms with Crippen molar-refractivity contribution in [3.8, 4) is 0 Å². The largest absolute Gasteiger partial charge is 0.351 e. The molecule has 0 saturated heterocycles. The van der Waals surface area contributed by atoms with Crippen LogP contribution in [0, 0.1) is 10.1 Å². The number of hydrogen-bond acceptors (Lipinski definition) is 5. The number of carbonyl (C=O) groups excluding carboxylic acids is 1. The molecule has 6 nitrogen and oxygen atoms in total. The van der Waals surface area contributed by atoms with Crippen molar-refractivity contribution in [3.05, 3.63) is 63.2 Å². The summed E-state index contributed by atoms with van der Waals surface area (Å²) in [5, 5.41) is 11.1. The normalized spacial score (nSPS) is 14.0. The number of Topliss-reactive ketones (excluding diaryl/α,β-unsaturated/α-hetero) is 1. The minimum atomic E-state index is -0.895. The Morgan fingerprint density at radius 1 is 1.32 bits per heavy atom. The van der Waals surface area contributed by atoms with Crippen LogP contribution in [0.2, 0.25) is 0 Å². The van der Waals surface area contributed by atoms with Crippen LogP contribution in [-0.2, 0) is 9.47 Å². The maximum absolute atomic E-state index is 12.5. The topological polar surface area (TPSA) is 78.7 Å². The highest BCUT2D eigenvalue weighted by molar-refractivity contribution is 6.09. The number of hydrogen-bond donors (Lipinski definition) is 0. The van der Waals surface area contributed by atoms with Crippen molar-refractivity contribution >= 4 is 11.5 Å². The highest BCUT2D eigenvalue weighted by atomic mass is 16.7. The molecule has 0 aliphatic heterocycles. The molecule has 1 aromatic carbocycles. The predicted molar refractivity (Wildman–Crippen MR) is 80.6 cm³/mol. The highest BCUT2D eigenvalue weighted by Gasteiger charge is 2.24. The third-order valence-corrected chi connectivity index (χ3v) is 3.47. The molecule has 0 amide bonds. The number of nitro groups is 1. The SMILES string of the molecule is COC(OC)c1cc(C(=O)C2=CC=CCC2)ccc1[N+](=O)[O-]. The molecule has 0 N–H and O–H groups in total. The van der Waals surface area contributed by atoms with E-state index in [0.29, 0.717) is 17.6 Å². The fourth-order valence-corrected chi connectivity index (χ4v) is 2.38. The molecule has 1 aliphatic rings. The van der Waals surface area contributed by atoms with Crippen LogP contribution in [0.3, 0.4) is 0 Å². The second kappa shape index (κ2) is 7.11. The lowest BCUT2D eigenvalue weighted by Crippen LogP contribution is -2.10. The molecule has 0 heterocycles. The van der Waals surface area contributed by atoms with E-state index in [1.807, 2.05) is 12.2 Å². The number of ketones is 1. The van der Waals surface area contributed by atoms with E-state index in [2.05, 4.69) is 0 Å². The number of nitrogens with zero attached hydrogens (tertiary/aromatic N) is 1. The van der Waals surface area contributed by atoms with Gasteiger partial charge in [-0.15, -0.1) is 0 Å². The molecule has 0 unspecified atom stereocenters. The molecule has 0 fully saturated rings. The maximum Gasteiger partial charge on any atom is 0.277 e. The minimum Gasteiger partial charge on any atom is -0.351 e. The average Bonchev–Trinajstić information content (AvgIpc) is 2.56. The first kappa shape index (κ1) is 16.1. The summed E-state index contributed by atoms with van der Waals surface area (Å²) in [6.07, 6.45) is 6.20. The fourth-order valence-electron chi connectivity index (χ4n) is 2.38. The Labute approximate surface area is 128 Å². The fraction of sp³-hybridized carbons (Fsp3) is 0.312. The minimum absolute atomic E-state index is 0.133. The van der Waals surface area contributed by atoms with E-state index in [9.17, 15) is 14.9 Å². The summed E-state index contributed by atoms with van der Waals surface area (Å²) in [7, 11) is 2.78. The lowest BCUT2D eigenvalue weighted by Gasteiger charge is -2.15. The quantitative estimate of drug-likeness (QED) is 0.348. The van der Waals surface area contributed by atoms with E-state index < -0.39 is 11.2 Å². The lowest BCUT2D eigenvalue weighted by molar-refractivity contribution is -0.387. The van der Waals surface area contributed by atoms with Gasteiger partial charge in [0.15, 0.2) is 12.1 Å². The van der Waals surface area contributed by atoms with Gasteiger partial charge in [0.25, 0.3) is 5.69 Å². The van der Waals surface area contributed by atoms with Crippen molar-refractivity contribution in [3.63, 3.8) is 0 Å². The zero-order chi connectivity index (χ0) is 16.1. The van der Waals surface area contributed by atoms with E-state index in [0.717, 1.165) is 6.42 Å². The van der Waals surface area contributed by atoms with E-state index in [1.165, 1.54) is 32.4 Å². The summed E-state index contributed by atoms with van der Waals surface area (Å²) < 4.78 is 10.2. The van der Waals surface area contributed by atoms with Crippen LogP contribution in [-0.4, -0.2) is 24.9 Å². The monoisotopic (exact) mass is 303 g/mol. The van der Waals surface area contributed by atoms with Crippen molar-refractivity contribution < 1.29 is 19.2 Å². The van der Waals surface area contributed by atoms with Crippen molar-refractivity contribution in [1.82, 2.24) is 0 Å². The summed E-state index contributed by atoms with van der Waals surface area (Å²) in [4.78, 5) is 23.1. The summed E-state index contributed by atoms with van der Waals surface area (Å²) in [6, 6.07) is 4.25. The van der Waals surface area contributed by atoms with Gasteiger partial charge in [-0.3, -0.25) is 14.9 Å². The zero-order valence-electron chi connectivity index (χ0n) is 12.4. The lowest BCUT2D eigenvalue weighted by atomic mass is 9.95. The predicted octanol–water partition coefficient (Wildman–Crippen LogP) is 3.35. The summed E-state index contributed by atoms with van der Waals surface area (Å²) in [5.74, 6) is -0.133. The van der Waals surface area contributed by atoms with E-state index >= 15 is 0 Å². The second-order valence-electron chi connectivity index (χ2n) is 4.82. The Bertz CT molecular complexity index is 644. The molecule has 2 rings (SSSR count). The molecule has 0 saturated carbocycles. The first-order valence-electron chi connectivity index (χ1n) is 6.82. The van der Waals surface area contributed by atoms with Gasteiger partial charge in [0.2, 0.25) is 0 Å². The summed E-state index contributed by atoms with van der Waals surface area (Å²) in [5.41, 5.74) is 1.17. The Hall–Kier alpha value is -2.31. The first-order chi connectivity index (χ1) is 10.6.